The number of methoxy groups -OCH3 is 2. The number of rotatable bonds is 5. The molecule has 4 nitrogen and oxygen atoms in total. The molecule has 1 aromatic heterocycles. The molecular formula is C14H14BrNO3. The maximum Gasteiger partial charge on any atom is 0.204 e. The van der Waals surface area contributed by atoms with Crippen LogP contribution in [0, 0.1) is 0 Å². The number of halogens is 1. The molecule has 1 heterocycles. The van der Waals surface area contributed by atoms with Crippen LogP contribution in [0.3, 0.4) is 0 Å². The van der Waals surface area contributed by atoms with E-state index in [-0.39, 0.29) is 0 Å². The molecule has 100 valence electrons. The quantitative estimate of drug-likeness (QED) is 0.845. The lowest BCUT2D eigenvalue weighted by molar-refractivity contribution is 0.262. The Morgan fingerprint density at radius 3 is 2.32 bits per heavy atom. The minimum atomic E-state index is 0.356. The van der Waals surface area contributed by atoms with E-state index in [4.69, 9.17) is 14.2 Å². The summed E-state index contributed by atoms with van der Waals surface area (Å²) in [5.74, 6) is 1.79. The summed E-state index contributed by atoms with van der Waals surface area (Å²) in [6.07, 6.45) is 1.73. The van der Waals surface area contributed by atoms with Gasteiger partial charge in [-0.2, -0.15) is 0 Å². The molecule has 1 aromatic carbocycles. The fourth-order valence-electron chi connectivity index (χ4n) is 1.62. The Balaban J connectivity index is 2.23. The lowest BCUT2D eigenvalue weighted by atomic mass is 10.3. The second-order valence-corrected chi connectivity index (χ2v) is 4.66. The van der Waals surface area contributed by atoms with Crippen LogP contribution in [0.1, 0.15) is 5.69 Å². The Labute approximate surface area is 120 Å². The Morgan fingerprint density at radius 1 is 1.11 bits per heavy atom. The first-order valence-corrected chi connectivity index (χ1v) is 6.48. The van der Waals surface area contributed by atoms with E-state index in [9.17, 15) is 0 Å². The van der Waals surface area contributed by atoms with Crippen molar-refractivity contribution in [2.45, 2.75) is 6.61 Å². The van der Waals surface area contributed by atoms with E-state index in [1.54, 1.807) is 20.4 Å². The monoisotopic (exact) mass is 323 g/mol. The van der Waals surface area contributed by atoms with Crippen LogP contribution in [0.15, 0.2) is 41.0 Å². The first-order chi connectivity index (χ1) is 9.24. The van der Waals surface area contributed by atoms with Crippen LogP contribution in [0.5, 0.6) is 17.2 Å². The molecule has 2 aromatic rings. The van der Waals surface area contributed by atoms with E-state index in [0.29, 0.717) is 23.9 Å². The number of ether oxygens (including phenoxy) is 3. The Morgan fingerprint density at radius 2 is 1.79 bits per heavy atom. The summed E-state index contributed by atoms with van der Waals surface area (Å²) in [5, 5.41) is 0. The number of benzene rings is 1. The third-order valence-electron chi connectivity index (χ3n) is 2.52. The fraction of sp³-hybridized carbons (Fsp3) is 0.214. The average molecular weight is 324 g/mol. The van der Waals surface area contributed by atoms with Gasteiger partial charge >= 0.3 is 0 Å². The molecule has 0 saturated carbocycles. The highest BCUT2D eigenvalue weighted by Gasteiger charge is 2.13. The summed E-state index contributed by atoms with van der Waals surface area (Å²) < 4.78 is 17.2. The molecule has 0 N–H and O–H groups in total. The summed E-state index contributed by atoms with van der Waals surface area (Å²) >= 11 is 3.40. The van der Waals surface area contributed by atoms with Gasteiger partial charge in [-0.25, -0.2) is 0 Å². The van der Waals surface area contributed by atoms with Gasteiger partial charge in [0.2, 0.25) is 5.75 Å². The zero-order valence-electron chi connectivity index (χ0n) is 10.7. The van der Waals surface area contributed by atoms with Crippen LogP contribution in [-0.4, -0.2) is 19.2 Å². The van der Waals surface area contributed by atoms with Gasteiger partial charge in [-0.3, -0.25) is 4.98 Å². The molecule has 19 heavy (non-hydrogen) atoms. The maximum atomic E-state index is 5.76. The second-order valence-electron chi connectivity index (χ2n) is 3.75. The average Bonchev–Trinajstić information content (AvgIpc) is 2.46. The van der Waals surface area contributed by atoms with Crippen LogP contribution in [-0.2, 0) is 6.61 Å². The molecular weight excluding hydrogens is 310 g/mol. The molecule has 5 heteroatoms. The van der Waals surface area contributed by atoms with Gasteiger partial charge in [-0.15, -0.1) is 0 Å². The summed E-state index contributed by atoms with van der Waals surface area (Å²) in [5.41, 5.74) is 0.842. The normalized spacial score (nSPS) is 10.1. The highest BCUT2D eigenvalue weighted by Crippen LogP contribution is 2.40. The minimum Gasteiger partial charge on any atom is -0.493 e. The van der Waals surface area contributed by atoms with Gasteiger partial charge in [0, 0.05) is 10.7 Å². The largest absolute Gasteiger partial charge is 0.493 e. The summed E-state index contributed by atoms with van der Waals surface area (Å²) in [4.78, 5) is 4.21. The predicted octanol–water partition coefficient (Wildman–Crippen LogP) is 3.44. The lowest BCUT2D eigenvalue weighted by Gasteiger charge is -2.14. The van der Waals surface area contributed by atoms with Crippen molar-refractivity contribution in [2.24, 2.45) is 0 Å². The van der Waals surface area contributed by atoms with Crippen molar-refractivity contribution in [1.82, 2.24) is 4.98 Å². The third-order valence-corrected chi connectivity index (χ3v) is 2.97. The van der Waals surface area contributed by atoms with Crippen molar-refractivity contribution >= 4 is 15.9 Å². The molecule has 0 fully saturated rings. The van der Waals surface area contributed by atoms with Gasteiger partial charge in [0.25, 0.3) is 0 Å². The summed E-state index contributed by atoms with van der Waals surface area (Å²) in [7, 11) is 3.18. The highest BCUT2D eigenvalue weighted by atomic mass is 79.9. The third kappa shape index (κ3) is 3.38. The van der Waals surface area contributed by atoms with Gasteiger partial charge in [-0.05, 0) is 24.3 Å². The lowest BCUT2D eigenvalue weighted by Crippen LogP contribution is -2.01. The number of aromatic nitrogens is 1. The van der Waals surface area contributed by atoms with Crippen LogP contribution in [0.2, 0.25) is 0 Å². The van der Waals surface area contributed by atoms with E-state index in [1.807, 2.05) is 30.3 Å². The van der Waals surface area contributed by atoms with E-state index < -0.39 is 0 Å². The van der Waals surface area contributed by atoms with Crippen LogP contribution in [0.4, 0.5) is 0 Å². The number of nitrogens with zero attached hydrogens (tertiary/aromatic N) is 1. The maximum absolute atomic E-state index is 5.76. The van der Waals surface area contributed by atoms with E-state index in [1.165, 1.54) is 0 Å². The van der Waals surface area contributed by atoms with Gasteiger partial charge in [0.05, 0.1) is 19.9 Å². The molecule has 0 unspecified atom stereocenters. The molecule has 0 aliphatic heterocycles. The first-order valence-electron chi connectivity index (χ1n) is 5.69. The van der Waals surface area contributed by atoms with Crippen molar-refractivity contribution in [2.75, 3.05) is 14.2 Å². The predicted molar refractivity (Wildman–Crippen MR) is 75.8 cm³/mol. The smallest absolute Gasteiger partial charge is 0.204 e. The molecule has 0 amide bonds. The zero-order valence-corrected chi connectivity index (χ0v) is 12.3. The highest BCUT2D eigenvalue weighted by molar-refractivity contribution is 9.10. The standard InChI is InChI=1S/C14H14BrNO3/c1-17-12-7-10(15)8-13(18-2)14(12)19-9-11-5-3-4-6-16-11/h3-8H,9H2,1-2H3. The molecule has 0 aliphatic carbocycles. The van der Waals surface area contributed by atoms with Crippen molar-refractivity contribution in [1.29, 1.82) is 0 Å². The molecule has 0 atom stereocenters. The van der Waals surface area contributed by atoms with E-state index >= 15 is 0 Å². The molecule has 0 aliphatic rings. The molecule has 0 saturated heterocycles. The number of pyridine rings is 1. The topological polar surface area (TPSA) is 40.6 Å². The second kappa shape index (κ2) is 6.43. The molecule has 0 radical (unpaired) electrons. The van der Waals surface area contributed by atoms with E-state index in [2.05, 4.69) is 20.9 Å². The van der Waals surface area contributed by atoms with Crippen molar-refractivity contribution in [3.63, 3.8) is 0 Å². The minimum absolute atomic E-state index is 0.356. The molecule has 2 rings (SSSR count). The van der Waals surface area contributed by atoms with Crippen molar-refractivity contribution in [3.05, 3.63) is 46.7 Å². The number of hydrogen-bond acceptors (Lipinski definition) is 4. The van der Waals surface area contributed by atoms with Crippen molar-refractivity contribution in [3.8, 4) is 17.2 Å². The molecule has 0 spiro atoms. The van der Waals surface area contributed by atoms with Gasteiger partial charge in [0.15, 0.2) is 11.5 Å². The van der Waals surface area contributed by atoms with Gasteiger partial charge < -0.3 is 14.2 Å². The van der Waals surface area contributed by atoms with Crippen LogP contribution in [0.25, 0.3) is 0 Å². The zero-order chi connectivity index (χ0) is 13.7. The SMILES string of the molecule is COc1cc(Br)cc(OC)c1OCc1ccccn1. The van der Waals surface area contributed by atoms with E-state index in [0.717, 1.165) is 10.2 Å². The fourth-order valence-corrected chi connectivity index (χ4v) is 2.04. The van der Waals surface area contributed by atoms with Gasteiger partial charge in [-0.1, -0.05) is 22.0 Å². The Kier molecular flexibility index (Phi) is 4.63. The van der Waals surface area contributed by atoms with Crippen LogP contribution < -0.4 is 14.2 Å². The first kappa shape index (κ1) is 13.7. The Hall–Kier alpha value is -1.75. The summed E-state index contributed by atoms with van der Waals surface area (Å²) in [6, 6.07) is 9.34. The van der Waals surface area contributed by atoms with Crippen molar-refractivity contribution < 1.29 is 14.2 Å². The molecule has 0 bridgehead atoms. The van der Waals surface area contributed by atoms with Gasteiger partial charge in [0.1, 0.15) is 6.61 Å². The number of hydrogen-bond donors (Lipinski definition) is 0. The van der Waals surface area contributed by atoms with Crippen LogP contribution >= 0.6 is 15.9 Å². The Bertz CT molecular complexity index is 521. The summed E-state index contributed by atoms with van der Waals surface area (Å²) in [6.45, 7) is 0.356.